The van der Waals surface area contributed by atoms with Gasteiger partial charge in [-0.25, -0.2) is 4.79 Å². The van der Waals surface area contributed by atoms with Crippen molar-refractivity contribution in [2.24, 2.45) is 0 Å². The molecule has 0 fully saturated rings. The van der Waals surface area contributed by atoms with E-state index in [2.05, 4.69) is 31.3 Å². The maximum absolute atomic E-state index is 12.2. The molecule has 0 radical (unpaired) electrons. The first kappa shape index (κ1) is 25.4. The van der Waals surface area contributed by atoms with Gasteiger partial charge in [-0.05, 0) is 78.8 Å². The first-order valence-electron chi connectivity index (χ1n) is 12.5. The number of rotatable bonds is 13. The van der Waals surface area contributed by atoms with E-state index in [1.54, 1.807) is 0 Å². The summed E-state index contributed by atoms with van der Waals surface area (Å²) in [5.74, 6) is 1.40. The lowest BCUT2D eigenvalue weighted by atomic mass is 10.1. The zero-order valence-electron chi connectivity index (χ0n) is 20.5. The van der Waals surface area contributed by atoms with E-state index < -0.39 is 6.09 Å². The van der Waals surface area contributed by atoms with Gasteiger partial charge in [0.2, 0.25) is 0 Å². The maximum Gasteiger partial charge on any atom is 0.417 e. The van der Waals surface area contributed by atoms with Crippen molar-refractivity contribution in [2.45, 2.75) is 71.8 Å². The largest absolute Gasteiger partial charge is 0.489 e. The van der Waals surface area contributed by atoms with Crippen molar-refractivity contribution in [3.8, 4) is 11.5 Å². The molecule has 0 aliphatic rings. The second kappa shape index (κ2) is 14.1. The predicted molar refractivity (Wildman–Crippen MR) is 140 cm³/mol. The van der Waals surface area contributed by atoms with Gasteiger partial charge < -0.3 is 9.47 Å². The molecule has 3 aromatic rings. The van der Waals surface area contributed by atoms with Crippen LogP contribution in [0.3, 0.4) is 0 Å². The van der Waals surface area contributed by atoms with Crippen LogP contribution in [0.2, 0.25) is 0 Å². The fourth-order valence-corrected chi connectivity index (χ4v) is 3.74. The van der Waals surface area contributed by atoms with Crippen LogP contribution in [0.15, 0.2) is 72.8 Å². The number of hydrogen-bond donors (Lipinski definition) is 1. The summed E-state index contributed by atoms with van der Waals surface area (Å²) in [6.07, 6.45) is 9.05. The van der Waals surface area contributed by atoms with Gasteiger partial charge in [0.05, 0.1) is 0 Å². The molecule has 0 atom stereocenters. The third-order valence-electron chi connectivity index (χ3n) is 5.80. The van der Waals surface area contributed by atoms with E-state index in [-0.39, 0.29) is 0 Å². The quantitative estimate of drug-likeness (QED) is 0.261. The minimum Gasteiger partial charge on any atom is -0.489 e. The molecule has 0 bridgehead atoms. The molecule has 3 aromatic carbocycles. The summed E-state index contributed by atoms with van der Waals surface area (Å²) in [6, 6.07) is 23.7. The van der Waals surface area contributed by atoms with Crippen LogP contribution in [0.1, 0.15) is 69.1 Å². The monoisotopic (exact) mass is 459 g/mol. The van der Waals surface area contributed by atoms with Crippen LogP contribution in [-0.2, 0) is 19.4 Å². The highest BCUT2D eigenvalue weighted by Gasteiger charge is 2.06. The lowest BCUT2D eigenvalue weighted by molar-refractivity contribution is 0.215. The number of amides is 1. The van der Waals surface area contributed by atoms with Crippen LogP contribution in [0.4, 0.5) is 10.5 Å². The average molecular weight is 460 g/mol. The predicted octanol–water partition coefficient (Wildman–Crippen LogP) is 8.34. The Balaban J connectivity index is 1.41. The van der Waals surface area contributed by atoms with E-state index in [0.29, 0.717) is 18.0 Å². The summed E-state index contributed by atoms with van der Waals surface area (Å²) in [6.45, 7) is 4.90. The average Bonchev–Trinajstić information content (AvgIpc) is 2.86. The number of nitrogens with one attached hydrogen (secondary N) is 1. The van der Waals surface area contributed by atoms with Crippen LogP contribution in [-0.4, -0.2) is 6.09 Å². The Morgan fingerprint density at radius 1 is 0.647 bits per heavy atom. The molecule has 0 saturated carbocycles. The van der Waals surface area contributed by atoms with Crippen molar-refractivity contribution in [1.82, 2.24) is 0 Å². The van der Waals surface area contributed by atoms with Gasteiger partial charge in [-0.3, -0.25) is 5.32 Å². The number of benzene rings is 3. The molecule has 0 saturated heterocycles. The van der Waals surface area contributed by atoms with Gasteiger partial charge in [0, 0.05) is 5.69 Å². The summed E-state index contributed by atoms with van der Waals surface area (Å²) in [7, 11) is 0. The molecular formula is C30H37NO3. The minimum absolute atomic E-state index is 0.477. The van der Waals surface area contributed by atoms with Crippen molar-refractivity contribution in [3.63, 3.8) is 0 Å². The normalized spacial score (nSPS) is 10.6. The zero-order valence-corrected chi connectivity index (χ0v) is 20.5. The lowest BCUT2D eigenvalue weighted by Gasteiger charge is -2.10. The SMILES string of the molecule is CCCCCc1ccc(OCc2ccc(NC(=O)Oc3ccc(CCCCC)cc3)cc2)cc1. The molecule has 0 aliphatic heterocycles. The van der Waals surface area contributed by atoms with Gasteiger partial charge in [-0.15, -0.1) is 0 Å². The third kappa shape index (κ3) is 8.93. The van der Waals surface area contributed by atoms with E-state index >= 15 is 0 Å². The Labute approximate surface area is 204 Å². The van der Waals surface area contributed by atoms with Crippen molar-refractivity contribution in [1.29, 1.82) is 0 Å². The van der Waals surface area contributed by atoms with Crippen LogP contribution < -0.4 is 14.8 Å². The highest BCUT2D eigenvalue weighted by molar-refractivity contribution is 5.86. The standard InChI is InChI=1S/C30H37NO3/c1-3-5-7-9-24-13-19-28(20-14-24)33-23-26-11-17-27(18-12-26)31-30(32)34-29-21-15-25(16-22-29)10-8-6-4-2/h11-22H,3-10,23H2,1-2H3,(H,31,32). The van der Waals surface area contributed by atoms with Gasteiger partial charge in [-0.2, -0.15) is 0 Å². The zero-order chi connectivity index (χ0) is 24.0. The van der Waals surface area contributed by atoms with Crippen molar-refractivity contribution in [3.05, 3.63) is 89.5 Å². The lowest BCUT2D eigenvalue weighted by Crippen LogP contribution is -2.16. The van der Waals surface area contributed by atoms with Crippen LogP contribution in [0.25, 0.3) is 0 Å². The molecule has 0 spiro atoms. The molecule has 1 N–H and O–H groups in total. The fraction of sp³-hybridized carbons (Fsp3) is 0.367. The Morgan fingerprint density at radius 2 is 1.15 bits per heavy atom. The summed E-state index contributed by atoms with van der Waals surface area (Å²) in [5, 5.41) is 2.77. The second-order valence-corrected chi connectivity index (χ2v) is 8.70. The summed E-state index contributed by atoms with van der Waals surface area (Å²) in [5.41, 5.74) is 4.33. The topological polar surface area (TPSA) is 47.6 Å². The summed E-state index contributed by atoms with van der Waals surface area (Å²) in [4.78, 5) is 12.2. The van der Waals surface area contributed by atoms with Gasteiger partial charge in [0.25, 0.3) is 0 Å². The number of carbonyl (C=O) groups excluding carboxylic acids is 1. The van der Waals surface area contributed by atoms with Gasteiger partial charge in [0.1, 0.15) is 18.1 Å². The maximum atomic E-state index is 12.2. The Morgan fingerprint density at radius 3 is 1.68 bits per heavy atom. The number of carbonyl (C=O) groups is 1. The third-order valence-corrected chi connectivity index (χ3v) is 5.80. The summed E-state index contributed by atoms with van der Waals surface area (Å²) >= 11 is 0. The van der Waals surface area contributed by atoms with Gasteiger partial charge in [-0.1, -0.05) is 75.9 Å². The molecule has 0 heterocycles. The Bertz CT molecular complexity index is 979. The molecule has 0 unspecified atom stereocenters. The van der Waals surface area contributed by atoms with E-state index in [1.165, 1.54) is 49.7 Å². The number of ether oxygens (including phenoxy) is 2. The van der Waals surface area contributed by atoms with E-state index in [9.17, 15) is 4.79 Å². The van der Waals surface area contributed by atoms with Gasteiger partial charge in [0.15, 0.2) is 0 Å². The molecule has 180 valence electrons. The first-order chi connectivity index (χ1) is 16.7. The Hall–Kier alpha value is -3.27. The number of unbranched alkanes of at least 4 members (excludes halogenated alkanes) is 4. The highest BCUT2D eigenvalue weighted by Crippen LogP contribution is 2.18. The van der Waals surface area contributed by atoms with Crippen LogP contribution >= 0.6 is 0 Å². The van der Waals surface area contributed by atoms with Crippen LogP contribution in [0.5, 0.6) is 11.5 Å². The molecule has 0 aromatic heterocycles. The van der Waals surface area contributed by atoms with Crippen LogP contribution in [0, 0.1) is 0 Å². The Kier molecular flexibility index (Phi) is 10.5. The van der Waals surface area contributed by atoms with E-state index in [4.69, 9.17) is 9.47 Å². The molecular weight excluding hydrogens is 422 g/mol. The van der Waals surface area contributed by atoms with Crippen molar-refractivity contribution < 1.29 is 14.3 Å². The fourth-order valence-electron chi connectivity index (χ4n) is 3.74. The molecule has 1 amide bonds. The second-order valence-electron chi connectivity index (χ2n) is 8.70. The molecule has 0 aliphatic carbocycles. The number of aryl methyl sites for hydroxylation is 2. The molecule has 3 rings (SSSR count). The minimum atomic E-state index is -0.498. The van der Waals surface area contributed by atoms with Gasteiger partial charge >= 0.3 is 6.09 Å². The molecule has 34 heavy (non-hydrogen) atoms. The number of hydrogen-bond acceptors (Lipinski definition) is 3. The number of anilines is 1. The summed E-state index contributed by atoms with van der Waals surface area (Å²) < 4.78 is 11.3. The van der Waals surface area contributed by atoms with E-state index in [0.717, 1.165) is 24.2 Å². The van der Waals surface area contributed by atoms with Crippen molar-refractivity contribution >= 4 is 11.8 Å². The molecule has 4 heteroatoms. The molecule has 4 nitrogen and oxygen atoms in total. The van der Waals surface area contributed by atoms with E-state index in [1.807, 2.05) is 60.7 Å². The smallest absolute Gasteiger partial charge is 0.417 e. The highest BCUT2D eigenvalue weighted by atomic mass is 16.6. The van der Waals surface area contributed by atoms with Crippen molar-refractivity contribution in [2.75, 3.05) is 5.32 Å². The first-order valence-corrected chi connectivity index (χ1v) is 12.5.